The predicted octanol–water partition coefficient (Wildman–Crippen LogP) is 13.4. The molecule has 0 radical (unpaired) electrons. The van der Waals surface area contributed by atoms with Crippen LogP contribution in [-0.4, -0.2) is 11.4 Å². The van der Waals surface area contributed by atoms with Crippen molar-refractivity contribution in [3.05, 3.63) is 162 Å². The Hall–Kier alpha value is -6.98. The van der Waals surface area contributed by atoms with Crippen LogP contribution in [0.25, 0.3) is 93.6 Å². The molecule has 284 valence electrons. The van der Waals surface area contributed by atoms with Gasteiger partial charge in [0, 0.05) is 61.0 Å². The lowest BCUT2D eigenvalue weighted by molar-refractivity contribution is 0.590. The van der Waals surface area contributed by atoms with E-state index in [1.54, 1.807) is 0 Å². The number of furan rings is 2. The highest BCUT2D eigenvalue weighted by atomic mass is 16.3. The fraction of sp³-hybridized carbons (Fsp3) is 0.127. The van der Waals surface area contributed by atoms with Gasteiger partial charge in [-0.25, -0.2) is 0 Å². The molecular weight excluding hydrogens is 731 g/mol. The molecule has 5 heteroatoms. The fourth-order valence-electron chi connectivity index (χ4n) is 11.5. The molecule has 0 N–H and O–H groups in total. The smallest absolute Gasteiger partial charge is 0.333 e. The van der Waals surface area contributed by atoms with E-state index in [1.807, 2.05) is 0 Å². The van der Waals surface area contributed by atoms with E-state index in [0.29, 0.717) is 0 Å². The second-order valence-corrected chi connectivity index (χ2v) is 18.9. The van der Waals surface area contributed by atoms with Gasteiger partial charge in [0.15, 0.2) is 0 Å². The van der Waals surface area contributed by atoms with E-state index in [0.717, 1.165) is 55.3 Å². The first kappa shape index (κ1) is 32.9. The third kappa shape index (κ3) is 3.94. The Balaban J connectivity index is 1.17. The number of hydrogen-bond acceptors (Lipinski definition) is 3. The van der Waals surface area contributed by atoms with Crippen LogP contribution < -0.4 is 15.7 Å². The van der Waals surface area contributed by atoms with Gasteiger partial charge in [0.2, 0.25) is 0 Å². The summed E-state index contributed by atoms with van der Waals surface area (Å²) in [6, 6.07) is 54.4. The van der Waals surface area contributed by atoms with Gasteiger partial charge in [-0.2, -0.15) is 0 Å². The maximum absolute atomic E-state index is 6.86. The maximum Gasteiger partial charge on any atom is 0.333 e. The van der Waals surface area contributed by atoms with Crippen molar-refractivity contribution in [2.75, 3.05) is 4.81 Å². The topological polar surface area (TPSA) is 34.5 Å². The average Bonchev–Trinajstić information content (AvgIpc) is 3.98. The molecule has 5 heterocycles. The standard InChI is InChI=1S/C55H39BN2O2/c1-54(2,3)30-18-20-31(21-19-30)58-45-29-49-40(34-14-8-10-16-47(34)59-49)26-39(45)35-22-23-37-50-44(25-24-36-33-13-7-11-17-48(33)60-53(36)50)57-46-28-42-38(27-43(46)56(58)51(35)52(37)57)32-12-6-9-15-41(32)55(42,4)5/h6-29H,1-5H3. The van der Waals surface area contributed by atoms with Crippen LogP contribution in [0, 0.1) is 0 Å². The minimum atomic E-state index is -0.161. The largest absolute Gasteiger partial charge is 0.456 e. The molecule has 0 fully saturated rings. The van der Waals surface area contributed by atoms with Crippen LogP contribution in [0.2, 0.25) is 0 Å². The van der Waals surface area contributed by atoms with Crippen molar-refractivity contribution in [2.45, 2.75) is 45.4 Å². The normalized spacial score (nSPS) is 14.8. The molecule has 0 amide bonds. The van der Waals surface area contributed by atoms with Crippen molar-refractivity contribution < 1.29 is 8.83 Å². The van der Waals surface area contributed by atoms with Crippen molar-refractivity contribution in [1.82, 2.24) is 4.57 Å². The summed E-state index contributed by atoms with van der Waals surface area (Å²) < 4.78 is 16.1. The molecule has 1 aliphatic carbocycles. The second kappa shape index (κ2) is 10.8. The molecule has 2 aliphatic heterocycles. The molecule has 14 rings (SSSR count). The van der Waals surface area contributed by atoms with Crippen molar-refractivity contribution >= 4 is 94.8 Å². The summed E-state index contributed by atoms with van der Waals surface area (Å²) in [5, 5.41) is 6.95. The zero-order valence-corrected chi connectivity index (χ0v) is 34.1. The highest BCUT2D eigenvalue weighted by Crippen LogP contribution is 2.52. The van der Waals surface area contributed by atoms with E-state index >= 15 is 0 Å². The third-order valence-electron chi connectivity index (χ3n) is 14.3. The quantitative estimate of drug-likeness (QED) is 0.156. The molecule has 0 saturated heterocycles. The number of aromatic nitrogens is 1. The molecule has 0 unspecified atom stereocenters. The van der Waals surface area contributed by atoms with Gasteiger partial charge in [0.05, 0.1) is 16.4 Å². The predicted molar refractivity (Wildman–Crippen MR) is 251 cm³/mol. The Kier molecular flexibility index (Phi) is 5.92. The monoisotopic (exact) mass is 770 g/mol. The molecule has 11 aromatic rings. The molecule has 8 aromatic carbocycles. The summed E-state index contributed by atoms with van der Waals surface area (Å²) in [5.41, 5.74) is 21.3. The number of anilines is 2. The summed E-state index contributed by atoms with van der Waals surface area (Å²) in [6.45, 7) is 11.5. The molecule has 4 nitrogen and oxygen atoms in total. The van der Waals surface area contributed by atoms with Crippen LogP contribution in [0.4, 0.5) is 11.4 Å². The Bertz CT molecular complexity index is 3740. The first-order valence-electron chi connectivity index (χ1n) is 21.2. The first-order chi connectivity index (χ1) is 29.1. The highest BCUT2D eigenvalue weighted by Gasteiger charge is 2.46. The van der Waals surface area contributed by atoms with E-state index in [9.17, 15) is 0 Å². The number of nitrogens with zero attached hydrogens (tertiary/aromatic N) is 2. The van der Waals surface area contributed by atoms with Crippen LogP contribution in [0.15, 0.2) is 154 Å². The first-order valence-corrected chi connectivity index (χ1v) is 21.2. The van der Waals surface area contributed by atoms with Crippen LogP contribution in [0.5, 0.6) is 0 Å². The zero-order chi connectivity index (χ0) is 40.0. The Morgan fingerprint density at radius 3 is 2.05 bits per heavy atom. The minimum absolute atomic E-state index is 0.0264. The van der Waals surface area contributed by atoms with Crippen molar-refractivity contribution in [3.8, 4) is 27.9 Å². The Morgan fingerprint density at radius 1 is 0.533 bits per heavy atom. The lowest BCUT2D eigenvalue weighted by Crippen LogP contribution is -2.60. The van der Waals surface area contributed by atoms with E-state index in [4.69, 9.17) is 8.83 Å². The summed E-state index contributed by atoms with van der Waals surface area (Å²) in [4.78, 5) is 2.62. The van der Waals surface area contributed by atoms with Gasteiger partial charge in [-0.1, -0.05) is 126 Å². The average molecular weight is 771 g/mol. The maximum atomic E-state index is 6.86. The summed E-state index contributed by atoms with van der Waals surface area (Å²) in [6.07, 6.45) is 0. The molecule has 0 atom stereocenters. The zero-order valence-electron chi connectivity index (χ0n) is 34.1. The Morgan fingerprint density at radius 2 is 1.25 bits per heavy atom. The van der Waals surface area contributed by atoms with Crippen molar-refractivity contribution in [3.63, 3.8) is 0 Å². The van der Waals surface area contributed by atoms with Crippen LogP contribution >= 0.6 is 0 Å². The molecule has 3 aromatic heterocycles. The fourth-order valence-corrected chi connectivity index (χ4v) is 11.5. The number of fused-ring (bicyclic) bond motifs is 18. The van der Waals surface area contributed by atoms with Crippen molar-refractivity contribution in [1.29, 1.82) is 0 Å². The summed E-state index contributed by atoms with van der Waals surface area (Å²) in [5.74, 6) is 0. The lowest BCUT2D eigenvalue weighted by atomic mass is 9.43. The molecule has 0 bridgehead atoms. The van der Waals surface area contributed by atoms with Gasteiger partial charge in [0.1, 0.15) is 22.3 Å². The van der Waals surface area contributed by atoms with Gasteiger partial charge in [0.25, 0.3) is 0 Å². The third-order valence-corrected chi connectivity index (χ3v) is 14.3. The van der Waals surface area contributed by atoms with Crippen LogP contribution in [0.3, 0.4) is 0 Å². The molecule has 3 aliphatic rings. The second-order valence-electron chi connectivity index (χ2n) is 18.9. The van der Waals surface area contributed by atoms with Crippen LogP contribution in [0.1, 0.15) is 51.3 Å². The van der Waals surface area contributed by atoms with E-state index < -0.39 is 0 Å². The summed E-state index contributed by atoms with van der Waals surface area (Å²) >= 11 is 0. The minimum Gasteiger partial charge on any atom is -0.456 e. The van der Waals surface area contributed by atoms with Gasteiger partial charge in [-0.15, -0.1) is 0 Å². The molecule has 0 saturated carbocycles. The summed E-state index contributed by atoms with van der Waals surface area (Å²) in [7, 11) is 0. The van der Waals surface area contributed by atoms with E-state index in [-0.39, 0.29) is 17.7 Å². The number of benzene rings is 8. The molecular formula is C55H39BN2O2. The van der Waals surface area contributed by atoms with E-state index in [1.165, 1.54) is 77.4 Å². The van der Waals surface area contributed by atoms with Gasteiger partial charge >= 0.3 is 6.85 Å². The Labute approximate surface area is 347 Å². The van der Waals surface area contributed by atoms with Gasteiger partial charge in [-0.3, -0.25) is 0 Å². The highest BCUT2D eigenvalue weighted by molar-refractivity contribution is 6.93. The number of hydrogen-bond donors (Lipinski definition) is 0. The number of para-hydroxylation sites is 2. The van der Waals surface area contributed by atoms with Crippen LogP contribution in [-0.2, 0) is 10.8 Å². The SMILES string of the molecule is CC(C)(C)c1ccc(N2B3c4cc5c(cc4-n4c6ccc7c8ccccc8oc7c6c6ccc(c3c64)-c3cc4c(cc32)oc2ccccc24)C(C)(C)c2ccccc2-5)cc1. The molecule has 0 spiro atoms. The van der Waals surface area contributed by atoms with Crippen molar-refractivity contribution in [2.24, 2.45) is 0 Å². The van der Waals surface area contributed by atoms with Gasteiger partial charge < -0.3 is 18.2 Å². The molecule has 60 heavy (non-hydrogen) atoms. The van der Waals surface area contributed by atoms with E-state index in [2.05, 4.69) is 190 Å². The van der Waals surface area contributed by atoms with Gasteiger partial charge in [-0.05, 0) is 98.3 Å². The number of rotatable bonds is 1. The lowest BCUT2D eigenvalue weighted by Gasteiger charge is -2.42.